The van der Waals surface area contributed by atoms with E-state index in [1.807, 2.05) is 24.3 Å². The first-order valence-corrected chi connectivity index (χ1v) is 12.1. The Morgan fingerprint density at radius 1 is 1.00 bits per heavy atom. The molecule has 0 atom stereocenters. The van der Waals surface area contributed by atoms with Crippen molar-refractivity contribution in [2.75, 3.05) is 10.8 Å². The van der Waals surface area contributed by atoms with Crippen LogP contribution in [0.5, 0.6) is 0 Å². The van der Waals surface area contributed by atoms with E-state index in [0.29, 0.717) is 16.4 Å². The zero-order valence-electron chi connectivity index (χ0n) is 16.5. The molecule has 0 aliphatic heterocycles. The van der Waals surface area contributed by atoms with Gasteiger partial charge in [0.2, 0.25) is 0 Å². The minimum Gasteiger partial charge on any atom is -0.271 e. The van der Waals surface area contributed by atoms with E-state index in [0.717, 1.165) is 13.4 Å². The summed E-state index contributed by atoms with van der Waals surface area (Å²) in [5.74, 6) is -0.570. The van der Waals surface area contributed by atoms with Crippen LogP contribution in [-0.2, 0) is 14.8 Å². The summed E-state index contributed by atoms with van der Waals surface area (Å²) in [4.78, 5) is 12.7. The Bertz CT molecular complexity index is 1180. The Morgan fingerprint density at radius 3 is 2.23 bits per heavy atom. The SMILES string of the molecule is C/C(=N/NC(=O)CN(c1ccc(Cl)cc1)S(=O)(=O)c1ccccc1)c1ccc(I)cc1. The maximum absolute atomic E-state index is 13.2. The molecule has 0 heterocycles. The second-order valence-corrected chi connectivity index (χ2v) is 10.1. The summed E-state index contributed by atoms with van der Waals surface area (Å²) in [6, 6.07) is 21.8. The molecule has 31 heavy (non-hydrogen) atoms. The van der Waals surface area contributed by atoms with Crippen LogP contribution in [0.1, 0.15) is 12.5 Å². The van der Waals surface area contributed by atoms with Crippen LogP contribution in [-0.4, -0.2) is 26.6 Å². The number of anilines is 1. The Kier molecular flexibility index (Phi) is 7.69. The third-order valence-corrected chi connectivity index (χ3v) is 7.10. The summed E-state index contributed by atoms with van der Waals surface area (Å²) in [7, 11) is -3.98. The van der Waals surface area contributed by atoms with Gasteiger partial charge in [0.05, 0.1) is 16.3 Å². The van der Waals surface area contributed by atoms with E-state index in [4.69, 9.17) is 11.6 Å². The second-order valence-electron chi connectivity index (χ2n) is 6.54. The number of carbonyl (C=O) groups is 1. The molecular formula is C22H19ClIN3O3S. The van der Waals surface area contributed by atoms with Crippen molar-refractivity contribution in [3.63, 3.8) is 0 Å². The summed E-state index contributed by atoms with van der Waals surface area (Å²) in [5.41, 5.74) is 4.23. The van der Waals surface area contributed by atoms with Gasteiger partial charge in [-0.05, 0) is 83.6 Å². The Balaban J connectivity index is 1.84. The number of carbonyl (C=O) groups excluding carboxylic acids is 1. The van der Waals surface area contributed by atoms with Crippen molar-refractivity contribution < 1.29 is 13.2 Å². The fourth-order valence-electron chi connectivity index (χ4n) is 2.71. The van der Waals surface area contributed by atoms with E-state index in [9.17, 15) is 13.2 Å². The Morgan fingerprint density at radius 2 is 1.61 bits per heavy atom. The molecule has 0 saturated carbocycles. The highest BCUT2D eigenvalue weighted by Crippen LogP contribution is 2.25. The standard InChI is InChI=1S/C22H19ClIN3O3S/c1-16(17-7-11-19(24)12-8-17)25-26-22(28)15-27(20-13-9-18(23)10-14-20)31(29,30)21-5-3-2-4-6-21/h2-14H,15H2,1H3,(H,26,28)/b25-16-. The van der Waals surface area contributed by atoms with E-state index < -0.39 is 22.5 Å². The lowest BCUT2D eigenvalue weighted by atomic mass is 10.1. The summed E-state index contributed by atoms with van der Waals surface area (Å²) in [5, 5.41) is 4.57. The molecule has 0 bridgehead atoms. The first-order chi connectivity index (χ1) is 14.8. The van der Waals surface area contributed by atoms with Gasteiger partial charge >= 0.3 is 0 Å². The number of nitrogens with zero attached hydrogens (tertiary/aromatic N) is 2. The minimum absolute atomic E-state index is 0.0799. The zero-order chi connectivity index (χ0) is 22.4. The smallest absolute Gasteiger partial charge is 0.264 e. The van der Waals surface area contributed by atoms with Gasteiger partial charge in [0, 0.05) is 8.59 Å². The number of amides is 1. The van der Waals surface area contributed by atoms with Gasteiger partial charge < -0.3 is 0 Å². The maximum Gasteiger partial charge on any atom is 0.264 e. The summed E-state index contributed by atoms with van der Waals surface area (Å²) >= 11 is 8.14. The Hall–Kier alpha value is -2.43. The van der Waals surface area contributed by atoms with Gasteiger partial charge in [-0.25, -0.2) is 13.8 Å². The first-order valence-electron chi connectivity index (χ1n) is 9.20. The number of sulfonamides is 1. The van der Waals surface area contributed by atoms with Crippen LogP contribution in [0, 0.1) is 3.57 Å². The van der Waals surface area contributed by atoms with Crippen LogP contribution in [0.15, 0.2) is 88.9 Å². The molecule has 0 unspecified atom stereocenters. The van der Waals surface area contributed by atoms with Crippen molar-refractivity contribution >= 4 is 61.5 Å². The summed E-state index contributed by atoms with van der Waals surface area (Å²) < 4.78 is 28.6. The lowest BCUT2D eigenvalue weighted by molar-refractivity contribution is -0.119. The molecular weight excluding hydrogens is 549 g/mol. The number of hydrogen-bond donors (Lipinski definition) is 1. The predicted octanol–water partition coefficient (Wildman–Crippen LogP) is 4.68. The molecule has 0 radical (unpaired) electrons. The number of hydrazone groups is 1. The van der Waals surface area contributed by atoms with E-state index in [2.05, 4.69) is 33.1 Å². The van der Waals surface area contributed by atoms with Crippen LogP contribution < -0.4 is 9.73 Å². The topological polar surface area (TPSA) is 78.8 Å². The predicted molar refractivity (Wildman–Crippen MR) is 132 cm³/mol. The van der Waals surface area contributed by atoms with E-state index in [1.54, 1.807) is 49.4 Å². The van der Waals surface area contributed by atoms with Gasteiger partial charge in [-0.1, -0.05) is 41.9 Å². The highest BCUT2D eigenvalue weighted by atomic mass is 127. The van der Waals surface area contributed by atoms with Gasteiger partial charge in [-0.2, -0.15) is 5.10 Å². The van der Waals surface area contributed by atoms with Crippen molar-refractivity contribution in [3.05, 3.63) is 93.0 Å². The van der Waals surface area contributed by atoms with Crippen LogP contribution in [0.2, 0.25) is 5.02 Å². The highest BCUT2D eigenvalue weighted by Gasteiger charge is 2.27. The fourth-order valence-corrected chi connectivity index (χ4v) is 4.64. The molecule has 160 valence electrons. The molecule has 9 heteroatoms. The van der Waals surface area contributed by atoms with Gasteiger partial charge in [0.25, 0.3) is 15.9 Å². The number of rotatable bonds is 7. The van der Waals surface area contributed by atoms with Gasteiger partial charge in [0.15, 0.2) is 0 Å². The molecule has 0 aromatic heterocycles. The zero-order valence-corrected chi connectivity index (χ0v) is 20.2. The number of benzene rings is 3. The average Bonchev–Trinajstić information content (AvgIpc) is 2.77. The molecule has 0 aliphatic rings. The molecule has 0 fully saturated rings. The largest absolute Gasteiger partial charge is 0.271 e. The van der Waals surface area contributed by atoms with Crippen molar-refractivity contribution in [2.24, 2.45) is 5.10 Å². The normalized spacial score (nSPS) is 11.8. The number of halogens is 2. The number of hydrogen-bond acceptors (Lipinski definition) is 4. The first kappa shape index (κ1) is 23.2. The van der Waals surface area contributed by atoms with E-state index in [1.165, 1.54) is 12.1 Å². The highest BCUT2D eigenvalue weighted by molar-refractivity contribution is 14.1. The maximum atomic E-state index is 13.2. The average molecular weight is 568 g/mol. The van der Waals surface area contributed by atoms with Crippen molar-refractivity contribution in [1.82, 2.24) is 5.43 Å². The molecule has 0 aliphatic carbocycles. The van der Waals surface area contributed by atoms with Crippen molar-refractivity contribution in [1.29, 1.82) is 0 Å². The second kappa shape index (κ2) is 10.3. The Labute approximate surface area is 200 Å². The quantitative estimate of drug-likeness (QED) is 0.256. The monoisotopic (exact) mass is 567 g/mol. The van der Waals surface area contributed by atoms with Crippen LogP contribution in [0.4, 0.5) is 5.69 Å². The van der Waals surface area contributed by atoms with E-state index >= 15 is 0 Å². The van der Waals surface area contributed by atoms with Crippen molar-refractivity contribution in [2.45, 2.75) is 11.8 Å². The number of nitrogens with one attached hydrogen (secondary N) is 1. The molecule has 6 nitrogen and oxygen atoms in total. The molecule has 3 aromatic rings. The van der Waals surface area contributed by atoms with Crippen LogP contribution in [0.25, 0.3) is 0 Å². The van der Waals surface area contributed by atoms with Gasteiger partial charge in [-0.3, -0.25) is 9.10 Å². The fraction of sp³-hybridized carbons (Fsp3) is 0.0909. The lowest BCUT2D eigenvalue weighted by Crippen LogP contribution is -2.39. The molecule has 1 N–H and O–H groups in total. The third-order valence-electron chi connectivity index (χ3n) is 4.34. The van der Waals surface area contributed by atoms with Gasteiger partial charge in [-0.15, -0.1) is 0 Å². The molecule has 0 saturated heterocycles. The van der Waals surface area contributed by atoms with E-state index in [-0.39, 0.29) is 4.90 Å². The summed E-state index contributed by atoms with van der Waals surface area (Å²) in [6.45, 7) is 1.32. The molecule has 1 amide bonds. The van der Waals surface area contributed by atoms with Crippen LogP contribution >= 0.6 is 34.2 Å². The van der Waals surface area contributed by atoms with Crippen molar-refractivity contribution in [3.8, 4) is 0 Å². The van der Waals surface area contributed by atoms with Crippen LogP contribution in [0.3, 0.4) is 0 Å². The molecule has 0 spiro atoms. The summed E-state index contributed by atoms with van der Waals surface area (Å²) in [6.07, 6.45) is 0. The lowest BCUT2D eigenvalue weighted by Gasteiger charge is -2.23. The molecule has 3 aromatic carbocycles. The minimum atomic E-state index is -3.98. The third kappa shape index (κ3) is 6.05. The van der Waals surface area contributed by atoms with Gasteiger partial charge in [0.1, 0.15) is 6.54 Å². The molecule has 3 rings (SSSR count).